The Morgan fingerprint density at radius 3 is 2.54 bits per heavy atom. The Labute approximate surface area is 224 Å². The number of fused-ring (bicyclic) bond motifs is 4. The van der Waals surface area contributed by atoms with Crippen molar-refractivity contribution in [1.82, 2.24) is 10.3 Å². The monoisotopic (exact) mass is 520 g/mol. The van der Waals surface area contributed by atoms with Gasteiger partial charge in [-0.1, -0.05) is 18.2 Å². The molecule has 0 saturated heterocycles. The Morgan fingerprint density at radius 2 is 1.74 bits per heavy atom. The molecule has 196 valence electrons. The highest BCUT2D eigenvalue weighted by Crippen LogP contribution is 2.40. The van der Waals surface area contributed by atoms with Crippen molar-refractivity contribution in [1.29, 1.82) is 0 Å². The maximum absolute atomic E-state index is 13.3. The predicted octanol–water partition coefficient (Wildman–Crippen LogP) is 6.21. The molecule has 0 bridgehead atoms. The SMILES string of the molecule is COc1ccc(-c2oc3c(c(C)cc4oc(=O)cc(C)c43)c2CC(=O)NCCc2c[nH]c3ccccc23)cc1. The van der Waals surface area contributed by atoms with E-state index in [9.17, 15) is 9.59 Å². The zero-order chi connectivity index (χ0) is 27.1. The number of amides is 1. The molecule has 3 heterocycles. The van der Waals surface area contributed by atoms with Crippen LogP contribution in [0, 0.1) is 13.8 Å². The summed E-state index contributed by atoms with van der Waals surface area (Å²) in [6.45, 7) is 4.32. The summed E-state index contributed by atoms with van der Waals surface area (Å²) >= 11 is 0. The van der Waals surface area contributed by atoms with E-state index >= 15 is 0 Å². The second-order valence-corrected chi connectivity index (χ2v) is 9.79. The van der Waals surface area contributed by atoms with Crippen LogP contribution in [0.3, 0.4) is 0 Å². The summed E-state index contributed by atoms with van der Waals surface area (Å²) in [4.78, 5) is 28.6. The summed E-state index contributed by atoms with van der Waals surface area (Å²) in [7, 11) is 1.62. The first kappa shape index (κ1) is 24.6. The van der Waals surface area contributed by atoms with E-state index in [1.165, 1.54) is 11.5 Å². The number of rotatable bonds is 7. The van der Waals surface area contributed by atoms with Gasteiger partial charge in [0.1, 0.15) is 22.7 Å². The second kappa shape index (κ2) is 9.83. The Bertz CT molecular complexity index is 1910. The first-order valence-corrected chi connectivity index (χ1v) is 12.9. The maximum atomic E-state index is 13.3. The summed E-state index contributed by atoms with van der Waals surface area (Å²) < 4.78 is 17.3. The topological polar surface area (TPSA) is 97.5 Å². The number of aromatic amines is 1. The molecule has 6 rings (SSSR count). The van der Waals surface area contributed by atoms with Crippen LogP contribution in [0.15, 0.2) is 80.5 Å². The van der Waals surface area contributed by atoms with Crippen molar-refractivity contribution in [3.63, 3.8) is 0 Å². The summed E-state index contributed by atoms with van der Waals surface area (Å²) in [5.74, 6) is 1.24. The molecule has 0 spiro atoms. The summed E-state index contributed by atoms with van der Waals surface area (Å²) in [6, 6.07) is 19.0. The maximum Gasteiger partial charge on any atom is 0.336 e. The van der Waals surface area contributed by atoms with E-state index < -0.39 is 5.63 Å². The van der Waals surface area contributed by atoms with E-state index in [-0.39, 0.29) is 12.3 Å². The molecule has 3 aromatic heterocycles. The lowest BCUT2D eigenvalue weighted by molar-refractivity contribution is -0.120. The highest BCUT2D eigenvalue weighted by Gasteiger charge is 2.23. The van der Waals surface area contributed by atoms with Crippen LogP contribution >= 0.6 is 0 Å². The molecule has 0 radical (unpaired) electrons. The Kier molecular flexibility index (Phi) is 6.19. The third kappa shape index (κ3) is 4.46. The van der Waals surface area contributed by atoms with Crippen LogP contribution in [0.4, 0.5) is 0 Å². The van der Waals surface area contributed by atoms with Crippen molar-refractivity contribution in [2.24, 2.45) is 0 Å². The minimum absolute atomic E-state index is 0.0943. The van der Waals surface area contributed by atoms with Gasteiger partial charge in [-0.25, -0.2) is 4.79 Å². The fourth-order valence-corrected chi connectivity index (χ4v) is 5.39. The zero-order valence-electron chi connectivity index (χ0n) is 22.0. The lowest BCUT2D eigenvalue weighted by Gasteiger charge is -2.08. The number of carbonyl (C=O) groups excluding carboxylic acids is 1. The first-order chi connectivity index (χ1) is 18.9. The van der Waals surface area contributed by atoms with Crippen molar-refractivity contribution in [3.8, 4) is 17.1 Å². The number of methoxy groups -OCH3 is 1. The minimum Gasteiger partial charge on any atom is -0.497 e. The normalized spacial score (nSPS) is 11.5. The number of benzene rings is 3. The molecule has 2 N–H and O–H groups in total. The van der Waals surface area contributed by atoms with E-state index in [2.05, 4.69) is 16.4 Å². The molecule has 0 unspecified atom stereocenters. The van der Waals surface area contributed by atoms with Gasteiger partial charge in [0.2, 0.25) is 5.91 Å². The fraction of sp³-hybridized carbons (Fsp3) is 0.188. The van der Waals surface area contributed by atoms with Crippen LogP contribution in [0.2, 0.25) is 0 Å². The first-order valence-electron chi connectivity index (χ1n) is 12.9. The summed E-state index contributed by atoms with van der Waals surface area (Å²) in [6.07, 6.45) is 2.86. The smallest absolute Gasteiger partial charge is 0.336 e. The van der Waals surface area contributed by atoms with E-state index in [0.717, 1.165) is 56.3 Å². The molecule has 1 amide bonds. The average Bonchev–Trinajstić information content (AvgIpc) is 3.50. The van der Waals surface area contributed by atoms with Crippen molar-refractivity contribution < 1.29 is 18.4 Å². The average molecular weight is 521 g/mol. The van der Waals surface area contributed by atoms with Gasteiger partial charge in [-0.05, 0) is 73.4 Å². The molecule has 0 aliphatic heterocycles. The van der Waals surface area contributed by atoms with Gasteiger partial charge < -0.3 is 23.9 Å². The largest absolute Gasteiger partial charge is 0.497 e. The van der Waals surface area contributed by atoms with Gasteiger partial charge in [-0.2, -0.15) is 0 Å². The van der Waals surface area contributed by atoms with E-state index in [1.54, 1.807) is 7.11 Å². The number of para-hydroxylation sites is 1. The molecular formula is C32H28N2O5. The van der Waals surface area contributed by atoms with Gasteiger partial charge in [-0.3, -0.25) is 4.79 Å². The van der Waals surface area contributed by atoms with Gasteiger partial charge in [0.05, 0.1) is 18.9 Å². The van der Waals surface area contributed by atoms with E-state index in [4.69, 9.17) is 13.6 Å². The number of carbonyl (C=O) groups is 1. The van der Waals surface area contributed by atoms with Gasteiger partial charge in [-0.15, -0.1) is 0 Å². The molecule has 0 fully saturated rings. The molecule has 0 saturated carbocycles. The number of aryl methyl sites for hydroxylation is 2. The number of H-pyrrole nitrogens is 1. The Balaban J connectivity index is 1.37. The van der Waals surface area contributed by atoms with E-state index in [0.29, 0.717) is 23.5 Å². The van der Waals surface area contributed by atoms with Gasteiger partial charge >= 0.3 is 5.63 Å². The third-order valence-electron chi connectivity index (χ3n) is 7.24. The van der Waals surface area contributed by atoms with Gasteiger partial charge in [0.15, 0.2) is 0 Å². The van der Waals surface area contributed by atoms with Crippen molar-refractivity contribution in [2.75, 3.05) is 13.7 Å². The molecule has 7 heteroatoms. The fourth-order valence-electron chi connectivity index (χ4n) is 5.39. The molecule has 6 aromatic rings. The molecule has 0 aliphatic rings. The van der Waals surface area contributed by atoms with Crippen LogP contribution in [-0.2, 0) is 17.6 Å². The standard InChI is InChI=1S/C32H28N2O5/c1-18-14-26-30(19(2)15-28(36)38-26)32-29(18)24(31(39-32)20-8-10-22(37-3)11-9-20)16-27(35)33-13-12-21-17-34-25-7-5-4-6-23(21)25/h4-11,14-15,17,34H,12-13,16H2,1-3H3,(H,33,35). The minimum atomic E-state index is -0.407. The molecule has 0 aliphatic carbocycles. The van der Waals surface area contributed by atoms with Crippen LogP contribution < -0.4 is 15.7 Å². The number of furan rings is 1. The molecule has 3 aromatic carbocycles. The molecule has 7 nitrogen and oxygen atoms in total. The Hall–Kier alpha value is -4.78. The van der Waals surface area contributed by atoms with Crippen LogP contribution in [0.25, 0.3) is 44.2 Å². The van der Waals surface area contributed by atoms with Gasteiger partial charge in [0, 0.05) is 46.2 Å². The molecular weight excluding hydrogens is 492 g/mol. The lowest BCUT2D eigenvalue weighted by atomic mass is 9.97. The lowest BCUT2D eigenvalue weighted by Crippen LogP contribution is -2.27. The number of nitrogens with one attached hydrogen (secondary N) is 2. The number of hydrogen-bond acceptors (Lipinski definition) is 5. The van der Waals surface area contributed by atoms with Crippen LogP contribution in [0.1, 0.15) is 22.3 Å². The Morgan fingerprint density at radius 1 is 0.974 bits per heavy atom. The van der Waals surface area contributed by atoms with Gasteiger partial charge in [0.25, 0.3) is 0 Å². The highest BCUT2D eigenvalue weighted by molar-refractivity contribution is 6.09. The summed E-state index contributed by atoms with van der Waals surface area (Å²) in [5, 5.41) is 5.84. The quantitative estimate of drug-likeness (QED) is 0.244. The third-order valence-corrected chi connectivity index (χ3v) is 7.24. The highest BCUT2D eigenvalue weighted by atomic mass is 16.5. The summed E-state index contributed by atoms with van der Waals surface area (Å²) in [5.41, 5.74) is 6.18. The predicted molar refractivity (Wildman–Crippen MR) is 152 cm³/mol. The number of hydrogen-bond donors (Lipinski definition) is 2. The number of ether oxygens (including phenoxy) is 1. The van der Waals surface area contributed by atoms with Crippen LogP contribution in [0.5, 0.6) is 5.75 Å². The van der Waals surface area contributed by atoms with Crippen molar-refractivity contribution in [3.05, 3.63) is 99.5 Å². The number of aromatic nitrogens is 1. The van der Waals surface area contributed by atoms with Crippen molar-refractivity contribution >= 4 is 38.7 Å². The van der Waals surface area contributed by atoms with E-state index in [1.807, 2.05) is 68.6 Å². The van der Waals surface area contributed by atoms with Crippen molar-refractivity contribution in [2.45, 2.75) is 26.7 Å². The second-order valence-electron chi connectivity index (χ2n) is 9.79. The molecule has 39 heavy (non-hydrogen) atoms. The van der Waals surface area contributed by atoms with Crippen LogP contribution in [-0.4, -0.2) is 24.5 Å². The molecule has 0 atom stereocenters. The zero-order valence-corrected chi connectivity index (χ0v) is 22.0.